The van der Waals surface area contributed by atoms with Gasteiger partial charge in [-0.05, 0) is 42.0 Å². The molecule has 4 heterocycles. The predicted molar refractivity (Wildman–Crippen MR) is 123 cm³/mol. The summed E-state index contributed by atoms with van der Waals surface area (Å²) in [6.07, 6.45) is 4.70. The molecule has 37 heavy (non-hydrogen) atoms. The summed E-state index contributed by atoms with van der Waals surface area (Å²) in [5.41, 5.74) is 0.172. The van der Waals surface area contributed by atoms with Crippen LogP contribution >= 0.6 is 0 Å². The molecule has 2 aromatic carbocycles. The molecule has 14 heteroatoms. The van der Waals surface area contributed by atoms with Crippen LogP contribution in [0.3, 0.4) is 0 Å². The quantitative estimate of drug-likeness (QED) is 0.353. The summed E-state index contributed by atoms with van der Waals surface area (Å²) in [6.45, 7) is 0.695. The highest BCUT2D eigenvalue weighted by Crippen LogP contribution is 2.42. The monoisotopic (exact) mass is 506 g/mol. The third-order valence-corrected chi connectivity index (χ3v) is 6.43. The van der Waals surface area contributed by atoms with Crippen LogP contribution < -0.4 is 5.69 Å². The van der Waals surface area contributed by atoms with E-state index in [1.807, 2.05) is 0 Å². The first kappa shape index (κ1) is 22.8. The first-order valence-electron chi connectivity index (χ1n) is 11.4. The smallest absolute Gasteiger partial charge is 0.350 e. The molecule has 0 spiro atoms. The molecule has 0 radical (unpaired) electrons. The molecule has 5 aromatic rings. The Morgan fingerprint density at radius 1 is 1.11 bits per heavy atom. The molecule has 1 fully saturated rings. The largest absolute Gasteiger partial charge is 0.368 e. The third kappa shape index (κ3) is 4.31. The second kappa shape index (κ2) is 9.13. The molecule has 12 nitrogen and oxygen atoms in total. The fourth-order valence-corrected chi connectivity index (χ4v) is 4.74. The second-order valence-corrected chi connectivity index (χ2v) is 8.84. The van der Waals surface area contributed by atoms with Crippen molar-refractivity contribution in [1.82, 2.24) is 49.7 Å². The molecule has 1 aliphatic heterocycles. The summed E-state index contributed by atoms with van der Waals surface area (Å²) in [7, 11) is 0. The number of H-pyrrole nitrogens is 1. The number of aromatic nitrogens is 10. The van der Waals surface area contributed by atoms with Crippen LogP contribution in [0.4, 0.5) is 8.78 Å². The minimum absolute atomic E-state index is 0.158. The van der Waals surface area contributed by atoms with Gasteiger partial charge in [0.1, 0.15) is 36.2 Å². The molecule has 3 aromatic heterocycles. The highest BCUT2D eigenvalue weighted by atomic mass is 19.1. The van der Waals surface area contributed by atoms with E-state index in [9.17, 15) is 13.6 Å². The topological polar surface area (TPSA) is 134 Å². The summed E-state index contributed by atoms with van der Waals surface area (Å²) in [4.78, 5) is 17.1. The zero-order chi connectivity index (χ0) is 25.4. The number of nitrogens with zero attached hydrogens (tertiary/aromatic N) is 9. The van der Waals surface area contributed by atoms with E-state index in [1.165, 1.54) is 40.4 Å². The van der Waals surface area contributed by atoms with Crippen LogP contribution in [0.25, 0.3) is 17.1 Å². The highest BCUT2D eigenvalue weighted by molar-refractivity contribution is 5.56. The van der Waals surface area contributed by atoms with Crippen molar-refractivity contribution in [1.29, 1.82) is 0 Å². The van der Waals surface area contributed by atoms with Gasteiger partial charge in [0.15, 0.2) is 0 Å². The molecule has 6 rings (SSSR count). The third-order valence-electron chi connectivity index (χ3n) is 6.43. The van der Waals surface area contributed by atoms with Crippen LogP contribution in [-0.4, -0.2) is 56.3 Å². The van der Waals surface area contributed by atoms with Crippen molar-refractivity contribution in [2.45, 2.75) is 25.1 Å². The SMILES string of the molecule is O=c1n(-c2ccc(-c3nn[nH]n3)cc2)cnn1C[C@@H]1CO[C@@](Cn2cncn2)(c2ccc(F)cc2F)C1. The summed E-state index contributed by atoms with van der Waals surface area (Å²) >= 11 is 0. The Labute approximate surface area is 207 Å². The van der Waals surface area contributed by atoms with E-state index in [0.29, 0.717) is 17.9 Å². The van der Waals surface area contributed by atoms with Crippen LogP contribution in [0.15, 0.2) is 66.2 Å². The molecule has 0 bridgehead atoms. The summed E-state index contributed by atoms with van der Waals surface area (Å²) in [5.74, 6) is -1.09. The van der Waals surface area contributed by atoms with Gasteiger partial charge >= 0.3 is 5.69 Å². The number of tetrazole rings is 1. The summed E-state index contributed by atoms with van der Waals surface area (Å²) in [5, 5.41) is 22.2. The number of ether oxygens (including phenoxy) is 1. The molecule has 0 unspecified atom stereocenters. The average molecular weight is 506 g/mol. The molecule has 0 amide bonds. The Hall–Kier alpha value is -4.59. The predicted octanol–water partition coefficient (Wildman–Crippen LogP) is 1.72. The van der Waals surface area contributed by atoms with Gasteiger partial charge in [0.2, 0.25) is 5.82 Å². The molecule has 1 aliphatic rings. The Bertz CT molecular complexity index is 1560. The highest BCUT2D eigenvalue weighted by Gasteiger charge is 2.44. The number of rotatable bonds is 7. The van der Waals surface area contributed by atoms with Crippen molar-refractivity contribution in [3.8, 4) is 17.1 Å². The van der Waals surface area contributed by atoms with Crippen molar-refractivity contribution >= 4 is 0 Å². The lowest BCUT2D eigenvalue weighted by atomic mass is 9.86. The van der Waals surface area contributed by atoms with Gasteiger partial charge in [-0.3, -0.25) is 0 Å². The molecule has 0 saturated carbocycles. The van der Waals surface area contributed by atoms with E-state index >= 15 is 0 Å². The van der Waals surface area contributed by atoms with Gasteiger partial charge in [0, 0.05) is 23.1 Å². The van der Waals surface area contributed by atoms with Crippen LogP contribution in [0, 0.1) is 17.6 Å². The van der Waals surface area contributed by atoms with Crippen LogP contribution in [0.5, 0.6) is 0 Å². The zero-order valence-electron chi connectivity index (χ0n) is 19.3. The number of nitrogens with one attached hydrogen (secondary N) is 1. The first-order chi connectivity index (χ1) is 18.0. The van der Waals surface area contributed by atoms with Crippen LogP contribution in [-0.2, 0) is 23.4 Å². The number of aromatic amines is 1. The molecule has 188 valence electrons. The minimum Gasteiger partial charge on any atom is -0.368 e. The Morgan fingerprint density at radius 2 is 1.97 bits per heavy atom. The van der Waals surface area contributed by atoms with Crippen molar-refractivity contribution in [2.24, 2.45) is 5.92 Å². The Kier molecular flexibility index (Phi) is 5.64. The first-order valence-corrected chi connectivity index (χ1v) is 11.4. The normalized spacial score (nSPS) is 19.5. The lowest BCUT2D eigenvalue weighted by Gasteiger charge is -2.29. The lowest BCUT2D eigenvalue weighted by Crippen LogP contribution is -2.33. The maximum atomic E-state index is 14.9. The molecular weight excluding hydrogens is 486 g/mol. The second-order valence-electron chi connectivity index (χ2n) is 8.84. The number of hydrogen-bond donors (Lipinski definition) is 1. The van der Waals surface area contributed by atoms with Gasteiger partial charge in [-0.15, -0.1) is 10.2 Å². The maximum absolute atomic E-state index is 14.9. The number of hydrogen-bond acceptors (Lipinski definition) is 8. The van der Waals surface area contributed by atoms with Crippen LogP contribution in [0.1, 0.15) is 12.0 Å². The van der Waals surface area contributed by atoms with Gasteiger partial charge < -0.3 is 4.74 Å². The molecule has 2 atom stereocenters. The van der Waals surface area contributed by atoms with Crippen molar-refractivity contribution < 1.29 is 13.5 Å². The van der Waals surface area contributed by atoms with Crippen LogP contribution in [0.2, 0.25) is 0 Å². The molecule has 1 saturated heterocycles. The van der Waals surface area contributed by atoms with E-state index in [-0.39, 0.29) is 36.9 Å². The van der Waals surface area contributed by atoms with Crippen molar-refractivity contribution in [2.75, 3.05) is 6.61 Å². The fourth-order valence-electron chi connectivity index (χ4n) is 4.74. The van der Waals surface area contributed by atoms with Gasteiger partial charge in [0.05, 0.1) is 25.4 Å². The molecule has 0 aliphatic carbocycles. The fraction of sp³-hybridized carbons (Fsp3) is 0.261. The average Bonchev–Trinajstić information content (AvgIpc) is 3.70. The van der Waals surface area contributed by atoms with Gasteiger partial charge in [-0.1, -0.05) is 6.07 Å². The van der Waals surface area contributed by atoms with E-state index < -0.39 is 17.2 Å². The standard InChI is InChI=1S/C23H20F2N10O2/c24-17-3-6-19(20(25)7-17)23(11-33-13-26-12-27-33)8-15(10-37-23)9-35-22(36)34(14-28-35)18-4-1-16(2-5-18)21-29-31-32-30-21/h1-7,12-15H,8-11H2,(H,29,30,31,32)/t15-,23+/m1/s1. The summed E-state index contributed by atoms with van der Waals surface area (Å²) < 4.78 is 39.0. The van der Waals surface area contributed by atoms with Gasteiger partial charge in [0.25, 0.3) is 0 Å². The van der Waals surface area contributed by atoms with E-state index in [2.05, 4.69) is 35.8 Å². The minimum atomic E-state index is -1.10. The van der Waals surface area contributed by atoms with Crippen molar-refractivity contribution in [3.63, 3.8) is 0 Å². The van der Waals surface area contributed by atoms with Gasteiger partial charge in [-0.25, -0.2) is 32.5 Å². The molecule has 1 N–H and O–H groups in total. The van der Waals surface area contributed by atoms with Gasteiger partial charge in [-0.2, -0.15) is 15.4 Å². The maximum Gasteiger partial charge on any atom is 0.350 e. The summed E-state index contributed by atoms with van der Waals surface area (Å²) in [6, 6.07) is 10.5. The number of halogens is 2. The van der Waals surface area contributed by atoms with E-state index in [1.54, 1.807) is 28.9 Å². The Balaban J connectivity index is 1.23. The zero-order valence-corrected chi connectivity index (χ0v) is 19.3. The van der Waals surface area contributed by atoms with E-state index in [0.717, 1.165) is 11.6 Å². The van der Waals surface area contributed by atoms with E-state index in [4.69, 9.17) is 4.74 Å². The lowest BCUT2D eigenvalue weighted by molar-refractivity contribution is -0.0205. The van der Waals surface area contributed by atoms with Crippen molar-refractivity contribution in [3.05, 3.63) is 89.1 Å². The Morgan fingerprint density at radius 3 is 2.70 bits per heavy atom. The molecular formula is C23H20F2N10O2. The number of benzene rings is 2.